The number of anilines is 1. The van der Waals surface area contributed by atoms with Crippen LogP contribution < -0.4 is 15.5 Å². The van der Waals surface area contributed by atoms with Crippen LogP contribution in [-0.2, 0) is 11.3 Å². The van der Waals surface area contributed by atoms with Gasteiger partial charge in [0.1, 0.15) is 5.82 Å². The minimum absolute atomic E-state index is 0. The van der Waals surface area contributed by atoms with Gasteiger partial charge in [-0.25, -0.2) is 4.98 Å². The van der Waals surface area contributed by atoms with E-state index in [1.165, 1.54) is 0 Å². The average molecular weight is 448 g/mol. The van der Waals surface area contributed by atoms with Gasteiger partial charge in [-0.3, -0.25) is 9.89 Å². The third-order valence-electron chi connectivity index (χ3n) is 3.79. The van der Waals surface area contributed by atoms with Crippen LogP contribution in [0.2, 0.25) is 0 Å². The van der Waals surface area contributed by atoms with Crippen molar-refractivity contribution in [2.45, 2.75) is 6.54 Å². The predicted molar refractivity (Wildman–Crippen MR) is 109 cm³/mol. The summed E-state index contributed by atoms with van der Waals surface area (Å²) in [4.78, 5) is 13.1. The minimum atomic E-state index is 0. The first kappa shape index (κ1) is 20.9. The van der Waals surface area contributed by atoms with E-state index in [9.17, 15) is 0 Å². The summed E-state index contributed by atoms with van der Waals surface area (Å²) < 4.78 is 5.36. The number of aromatic nitrogens is 1. The zero-order valence-electron chi connectivity index (χ0n) is 14.8. The second-order valence-corrected chi connectivity index (χ2v) is 5.69. The van der Waals surface area contributed by atoms with Gasteiger partial charge in [0, 0.05) is 65.6 Å². The first-order chi connectivity index (χ1) is 11.2. The third-order valence-corrected chi connectivity index (χ3v) is 3.79. The van der Waals surface area contributed by atoms with Gasteiger partial charge in [0.25, 0.3) is 0 Å². The summed E-state index contributed by atoms with van der Waals surface area (Å²) >= 11 is 0. The fourth-order valence-electron chi connectivity index (χ4n) is 2.53. The number of pyridine rings is 1. The van der Waals surface area contributed by atoms with E-state index in [4.69, 9.17) is 4.74 Å². The fourth-order valence-corrected chi connectivity index (χ4v) is 2.53. The van der Waals surface area contributed by atoms with Crippen LogP contribution in [0.3, 0.4) is 0 Å². The normalized spacial score (nSPS) is 15.5. The largest absolute Gasteiger partial charge is 0.379 e. The standard InChI is InChI=1S/C16H28N6O.HI/c1-17-16(19-7-8-22-9-11-23-12-10-22)20-13-14-5-4-6-18-15(14)21(2)3;/h4-6H,7-13H2,1-3H3,(H2,17,19,20);1H. The second kappa shape index (κ2) is 11.4. The van der Waals surface area contributed by atoms with E-state index >= 15 is 0 Å². The molecule has 0 amide bonds. The van der Waals surface area contributed by atoms with Gasteiger partial charge < -0.3 is 20.3 Å². The van der Waals surface area contributed by atoms with E-state index in [0.29, 0.717) is 6.54 Å². The van der Waals surface area contributed by atoms with Crippen molar-refractivity contribution in [2.24, 2.45) is 4.99 Å². The number of rotatable bonds is 6. The van der Waals surface area contributed by atoms with E-state index in [-0.39, 0.29) is 24.0 Å². The number of nitrogens with one attached hydrogen (secondary N) is 2. The maximum Gasteiger partial charge on any atom is 0.191 e. The summed E-state index contributed by atoms with van der Waals surface area (Å²) in [6, 6.07) is 4.04. The van der Waals surface area contributed by atoms with Gasteiger partial charge >= 0.3 is 0 Å². The Labute approximate surface area is 161 Å². The van der Waals surface area contributed by atoms with Gasteiger partial charge in [0.05, 0.1) is 13.2 Å². The van der Waals surface area contributed by atoms with Gasteiger partial charge in [-0.2, -0.15) is 0 Å². The Balaban J connectivity index is 0.00000288. The van der Waals surface area contributed by atoms with Crippen LogP contribution in [0.5, 0.6) is 0 Å². The molecule has 0 radical (unpaired) electrons. The molecule has 7 nitrogen and oxygen atoms in total. The predicted octanol–water partition coefficient (Wildman–Crippen LogP) is 0.763. The molecule has 24 heavy (non-hydrogen) atoms. The molecule has 2 rings (SSSR count). The van der Waals surface area contributed by atoms with E-state index in [1.807, 2.05) is 31.3 Å². The molecule has 0 atom stereocenters. The third kappa shape index (κ3) is 6.78. The smallest absolute Gasteiger partial charge is 0.191 e. The van der Waals surface area contributed by atoms with Crippen LogP contribution in [-0.4, -0.2) is 76.4 Å². The average Bonchev–Trinajstić information content (AvgIpc) is 2.59. The molecule has 1 aromatic heterocycles. The molecular weight excluding hydrogens is 419 g/mol. The lowest BCUT2D eigenvalue weighted by Crippen LogP contribution is -2.44. The number of halogens is 1. The lowest BCUT2D eigenvalue weighted by atomic mass is 10.2. The Morgan fingerprint density at radius 2 is 2.08 bits per heavy atom. The Morgan fingerprint density at radius 3 is 2.75 bits per heavy atom. The first-order valence-electron chi connectivity index (χ1n) is 8.06. The Morgan fingerprint density at radius 1 is 1.33 bits per heavy atom. The zero-order valence-corrected chi connectivity index (χ0v) is 17.1. The van der Waals surface area contributed by atoms with E-state index in [1.54, 1.807) is 7.05 Å². The van der Waals surface area contributed by atoms with Crippen molar-refractivity contribution in [3.63, 3.8) is 0 Å². The molecule has 2 N–H and O–H groups in total. The molecule has 0 saturated carbocycles. The highest BCUT2D eigenvalue weighted by Crippen LogP contribution is 2.13. The number of hydrogen-bond acceptors (Lipinski definition) is 5. The van der Waals surface area contributed by atoms with Crippen LogP contribution in [0, 0.1) is 0 Å². The zero-order chi connectivity index (χ0) is 16.5. The Kier molecular flexibility index (Phi) is 9.96. The number of guanidine groups is 1. The molecule has 0 spiro atoms. The number of ether oxygens (including phenoxy) is 1. The summed E-state index contributed by atoms with van der Waals surface area (Å²) in [7, 11) is 5.79. The van der Waals surface area contributed by atoms with E-state index in [2.05, 4.69) is 31.6 Å². The van der Waals surface area contributed by atoms with Gasteiger partial charge in [-0.05, 0) is 6.07 Å². The van der Waals surface area contributed by atoms with Crippen LogP contribution >= 0.6 is 24.0 Å². The molecule has 8 heteroatoms. The number of hydrogen-bond donors (Lipinski definition) is 2. The van der Waals surface area contributed by atoms with Crippen molar-refractivity contribution < 1.29 is 4.74 Å². The van der Waals surface area contributed by atoms with Crippen LogP contribution in [0.4, 0.5) is 5.82 Å². The molecule has 1 saturated heterocycles. The summed E-state index contributed by atoms with van der Waals surface area (Å²) in [5.74, 6) is 1.79. The van der Waals surface area contributed by atoms with E-state index in [0.717, 1.165) is 56.7 Å². The minimum Gasteiger partial charge on any atom is -0.379 e. The molecule has 0 bridgehead atoms. The SMILES string of the molecule is CN=C(NCCN1CCOCC1)NCc1cccnc1N(C)C.I. The second-order valence-electron chi connectivity index (χ2n) is 5.69. The molecule has 136 valence electrons. The van der Waals surface area contributed by atoms with Crippen molar-refractivity contribution in [2.75, 3.05) is 65.4 Å². The van der Waals surface area contributed by atoms with Crippen molar-refractivity contribution in [1.82, 2.24) is 20.5 Å². The summed E-state index contributed by atoms with van der Waals surface area (Å²) in [5.41, 5.74) is 1.15. The lowest BCUT2D eigenvalue weighted by molar-refractivity contribution is 0.0389. The number of aliphatic imine (C=N–C) groups is 1. The molecule has 1 aliphatic heterocycles. The van der Waals surface area contributed by atoms with E-state index < -0.39 is 0 Å². The molecular formula is C16H29IN6O. The molecule has 2 heterocycles. The van der Waals surface area contributed by atoms with Gasteiger partial charge in [-0.15, -0.1) is 24.0 Å². The number of nitrogens with zero attached hydrogens (tertiary/aromatic N) is 4. The molecule has 1 aliphatic rings. The molecule has 1 fully saturated rings. The monoisotopic (exact) mass is 448 g/mol. The van der Waals surface area contributed by atoms with Crippen LogP contribution in [0.15, 0.2) is 23.3 Å². The highest BCUT2D eigenvalue weighted by molar-refractivity contribution is 14.0. The summed E-state index contributed by atoms with van der Waals surface area (Å²) in [6.45, 7) is 6.25. The van der Waals surface area contributed by atoms with Crippen molar-refractivity contribution in [3.8, 4) is 0 Å². The van der Waals surface area contributed by atoms with Gasteiger partial charge in [-0.1, -0.05) is 6.07 Å². The lowest BCUT2D eigenvalue weighted by Gasteiger charge is -2.26. The van der Waals surface area contributed by atoms with Gasteiger partial charge in [0.2, 0.25) is 0 Å². The highest BCUT2D eigenvalue weighted by Gasteiger charge is 2.10. The summed E-state index contributed by atoms with van der Waals surface area (Å²) in [5, 5.41) is 6.71. The quantitative estimate of drug-likeness (QED) is 0.381. The molecule has 0 unspecified atom stereocenters. The molecule has 0 aliphatic carbocycles. The maximum atomic E-state index is 5.36. The van der Waals surface area contributed by atoms with Gasteiger partial charge in [0.15, 0.2) is 5.96 Å². The van der Waals surface area contributed by atoms with Crippen molar-refractivity contribution >= 4 is 35.8 Å². The molecule has 1 aromatic rings. The summed E-state index contributed by atoms with van der Waals surface area (Å²) in [6.07, 6.45) is 1.81. The fraction of sp³-hybridized carbons (Fsp3) is 0.625. The van der Waals surface area contributed by atoms with Crippen molar-refractivity contribution in [1.29, 1.82) is 0 Å². The van der Waals surface area contributed by atoms with Crippen molar-refractivity contribution in [3.05, 3.63) is 23.9 Å². The Bertz CT molecular complexity index is 505. The number of morpholine rings is 1. The topological polar surface area (TPSA) is 65.0 Å². The maximum absolute atomic E-state index is 5.36. The van der Waals surface area contributed by atoms with Crippen LogP contribution in [0.1, 0.15) is 5.56 Å². The first-order valence-corrected chi connectivity index (χ1v) is 8.06. The molecule has 0 aromatic carbocycles. The van der Waals surface area contributed by atoms with Crippen LogP contribution in [0.25, 0.3) is 0 Å². The highest BCUT2D eigenvalue weighted by atomic mass is 127. The Hall–Kier alpha value is -1.13.